The summed E-state index contributed by atoms with van der Waals surface area (Å²) in [7, 11) is 0. The molecule has 0 atom stereocenters. The van der Waals surface area contributed by atoms with Crippen LogP contribution in [0.1, 0.15) is 12.0 Å². The van der Waals surface area contributed by atoms with Gasteiger partial charge in [-0.15, -0.1) is 0 Å². The summed E-state index contributed by atoms with van der Waals surface area (Å²) in [5.74, 6) is -0.0485. The largest absolute Gasteiger partial charge is 0.399 e. The fraction of sp³-hybridized carbons (Fsp3) is 0.429. The van der Waals surface area contributed by atoms with E-state index in [-0.39, 0.29) is 18.4 Å². The van der Waals surface area contributed by atoms with Gasteiger partial charge in [0.25, 0.3) is 0 Å². The van der Waals surface area contributed by atoms with E-state index in [4.69, 9.17) is 5.73 Å². The molecule has 1 saturated heterocycles. The number of anilines is 2. The fourth-order valence-electron chi connectivity index (χ4n) is 2.14. The van der Waals surface area contributed by atoms with Crippen molar-refractivity contribution < 1.29 is 9.59 Å². The van der Waals surface area contributed by atoms with E-state index in [2.05, 4.69) is 10.6 Å². The lowest BCUT2D eigenvalue weighted by Crippen LogP contribution is -2.35. The minimum Gasteiger partial charge on any atom is -0.399 e. The molecule has 0 radical (unpaired) electrons. The topological polar surface area (TPSA) is 87.5 Å². The fourth-order valence-corrected chi connectivity index (χ4v) is 2.14. The highest BCUT2D eigenvalue weighted by atomic mass is 16.2. The molecule has 1 fully saturated rings. The quantitative estimate of drug-likeness (QED) is 0.695. The highest BCUT2D eigenvalue weighted by Crippen LogP contribution is 2.18. The highest BCUT2D eigenvalue weighted by molar-refractivity contribution is 5.93. The van der Waals surface area contributed by atoms with Crippen molar-refractivity contribution in [1.82, 2.24) is 10.2 Å². The van der Waals surface area contributed by atoms with Crippen molar-refractivity contribution in [3.8, 4) is 0 Å². The molecule has 0 aromatic heterocycles. The molecule has 6 heteroatoms. The summed E-state index contributed by atoms with van der Waals surface area (Å²) in [6.07, 6.45) is 0.435. The van der Waals surface area contributed by atoms with Crippen molar-refractivity contribution in [2.75, 3.05) is 37.2 Å². The van der Waals surface area contributed by atoms with E-state index < -0.39 is 0 Å². The van der Waals surface area contributed by atoms with Crippen LogP contribution in [0.25, 0.3) is 0 Å². The Labute approximate surface area is 118 Å². The molecule has 6 nitrogen and oxygen atoms in total. The predicted molar refractivity (Wildman–Crippen MR) is 78.3 cm³/mol. The summed E-state index contributed by atoms with van der Waals surface area (Å²) in [4.78, 5) is 25.2. The normalized spacial score (nSPS) is 16.4. The second kappa shape index (κ2) is 6.38. The molecule has 20 heavy (non-hydrogen) atoms. The van der Waals surface area contributed by atoms with E-state index in [1.54, 1.807) is 12.1 Å². The second-order valence-electron chi connectivity index (χ2n) is 5.00. The summed E-state index contributed by atoms with van der Waals surface area (Å²) in [6, 6.07) is 5.43. The molecule has 1 heterocycles. The SMILES string of the molecule is Cc1ccc(N)cc1NC(=O)CN1CCNC(=O)CC1. The van der Waals surface area contributed by atoms with Crippen LogP contribution in [-0.4, -0.2) is 42.9 Å². The molecule has 0 aliphatic carbocycles. The van der Waals surface area contributed by atoms with Gasteiger partial charge in [0.1, 0.15) is 0 Å². The van der Waals surface area contributed by atoms with Gasteiger partial charge in [-0.05, 0) is 24.6 Å². The van der Waals surface area contributed by atoms with E-state index >= 15 is 0 Å². The number of nitrogen functional groups attached to an aromatic ring is 1. The number of rotatable bonds is 3. The smallest absolute Gasteiger partial charge is 0.238 e. The predicted octanol–water partition coefficient (Wildman–Crippen LogP) is 0.338. The van der Waals surface area contributed by atoms with Gasteiger partial charge >= 0.3 is 0 Å². The first-order valence-corrected chi connectivity index (χ1v) is 6.69. The van der Waals surface area contributed by atoms with Gasteiger partial charge in [-0.3, -0.25) is 14.5 Å². The Morgan fingerprint density at radius 3 is 3.05 bits per heavy atom. The third kappa shape index (κ3) is 3.96. The van der Waals surface area contributed by atoms with Crippen LogP contribution in [-0.2, 0) is 9.59 Å². The van der Waals surface area contributed by atoms with Gasteiger partial charge in [0.15, 0.2) is 0 Å². The lowest BCUT2D eigenvalue weighted by Gasteiger charge is -2.18. The maximum absolute atomic E-state index is 12.0. The monoisotopic (exact) mass is 276 g/mol. The van der Waals surface area contributed by atoms with Crippen molar-refractivity contribution >= 4 is 23.2 Å². The van der Waals surface area contributed by atoms with Crippen LogP contribution >= 0.6 is 0 Å². The summed E-state index contributed by atoms with van der Waals surface area (Å²) < 4.78 is 0. The minimum atomic E-state index is -0.0898. The molecule has 0 unspecified atom stereocenters. The van der Waals surface area contributed by atoms with Crippen LogP contribution in [0.4, 0.5) is 11.4 Å². The Morgan fingerprint density at radius 1 is 1.45 bits per heavy atom. The van der Waals surface area contributed by atoms with Crippen LogP contribution < -0.4 is 16.4 Å². The average Bonchev–Trinajstić information content (AvgIpc) is 2.59. The van der Waals surface area contributed by atoms with Crippen LogP contribution in [0.15, 0.2) is 18.2 Å². The number of nitrogens with one attached hydrogen (secondary N) is 2. The van der Waals surface area contributed by atoms with Crippen LogP contribution in [0, 0.1) is 6.92 Å². The Hall–Kier alpha value is -2.08. The first-order chi connectivity index (χ1) is 9.54. The molecule has 2 rings (SSSR count). The van der Waals surface area contributed by atoms with Crippen molar-refractivity contribution in [2.45, 2.75) is 13.3 Å². The number of aryl methyl sites for hydroxylation is 1. The molecule has 1 aromatic carbocycles. The first-order valence-electron chi connectivity index (χ1n) is 6.69. The Bertz CT molecular complexity index is 516. The van der Waals surface area contributed by atoms with Crippen LogP contribution in [0.3, 0.4) is 0 Å². The molecular formula is C14H20N4O2. The molecule has 108 valence electrons. The van der Waals surface area contributed by atoms with E-state index in [9.17, 15) is 9.59 Å². The lowest BCUT2D eigenvalue weighted by molar-refractivity contribution is -0.121. The summed E-state index contributed by atoms with van der Waals surface area (Å²) in [5.41, 5.74) is 8.04. The molecule has 2 amide bonds. The standard InChI is InChI=1S/C14H20N4O2/c1-10-2-3-11(15)8-12(10)17-14(20)9-18-6-4-13(19)16-5-7-18/h2-3,8H,4-7,9,15H2,1H3,(H,16,19)(H,17,20). The number of nitrogens with two attached hydrogens (primary N) is 1. The third-order valence-corrected chi connectivity index (χ3v) is 3.31. The van der Waals surface area contributed by atoms with Crippen molar-refractivity contribution in [2.24, 2.45) is 0 Å². The van der Waals surface area contributed by atoms with Crippen molar-refractivity contribution in [3.05, 3.63) is 23.8 Å². The van der Waals surface area contributed by atoms with Crippen molar-refractivity contribution in [3.63, 3.8) is 0 Å². The molecule has 0 spiro atoms. The molecule has 0 saturated carbocycles. The number of nitrogens with zero attached hydrogens (tertiary/aromatic N) is 1. The van der Waals surface area contributed by atoms with Gasteiger partial charge in [0, 0.05) is 37.4 Å². The van der Waals surface area contributed by atoms with Gasteiger partial charge in [-0.1, -0.05) is 6.07 Å². The molecule has 1 aliphatic heterocycles. The summed E-state index contributed by atoms with van der Waals surface area (Å²) in [6.45, 7) is 4.08. The van der Waals surface area contributed by atoms with Gasteiger partial charge in [-0.2, -0.15) is 0 Å². The number of hydrogen-bond donors (Lipinski definition) is 3. The Morgan fingerprint density at radius 2 is 2.25 bits per heavy atom. The van der Waals surface area contributed by atoms with Gasteiger partial charge in [0.05, 0.1) is 6.54 Å². The van der Waals surface area contributed by atoms with Crippen molar-refractivity contribution in [1.29, 1.82) is 0 Å². The van der Waals surface area contributed by atoms with E-state index in [0.29, 0.717) is 31.7 Å². The zero-order chi connectivity index (χ0) is 14.5. The molecule has 0 bridgehead atoms. The van der Waals surface area contributed by atoms with E-state index in [0.717, 1.165) is 11.3 Å². The highest BCUT2D eigenvalue weighted by Gasteiger charge is 2.16. The third-order valence-electron chi connectivity index (χ3n) is 3.31. The molecule has 1 aliphatic rings. The van der Waals surface area contributed by atoms with E-state index in [1.165, 1.54) is 0 Å². The van der Waals surface area contributed by atoms with Gasteiger partial charge < -0.3 is 16.4 Å². The number of benzene rings is 1. The number of amides is 2. The van der Waals surface area contributed by atoms with E-state index in [1.807, 2.05) is 17.9 Å². The molecular weight excluding hydrogens is 256 g/mol. The molecule has 1 aromatic rings. The van der Waals surface area contributed by atoms with Gasteiger partial charge in [0.2, 0.25) is 11.8 Å². The lowest BCUT2D eigenvalue weighted by atomic mass is 10.2. The van der Waals surface area contributed by atoms with Crippen LogP contribution in [0.2, 0.25) is 0 Å². The average molecular weight is 276 g/mol. The van der Waals surface area contributed by atoms with Crippen LogP contribution in [0.5, 0.6) is 0 Å². The minimum absolute atomic E-state index is 0.0413. The Balaban J connectivity index is 1.91. The summed E-state index contributed by atoms with van der Waals surface area (Å²) >= 11 is 0. The number of carbonyl (C=O) groups is 2. The zero-order valence-corrected chi connectivity index (χ0v) is 11.6. The maximum atomic E-state index is 12.0. The first kappa shape index (κ1) is 14.3. The number of hydrogen-bond acceptors (Lipinski definition) is 4. The summed E-state index contributed by atoms with van der Waals surface area (Å²) in [5, 5.41) is 5.65. The molecule has 4 N–H and O–H groups in total. The maximum Gasteiger partial charge on any atom is 0.238 e. The number of carbonyl (C=O) groups excluding carboxylic acids is 2. The van der Waals surface area contributed by atoms with Gasteiger partial charge in [-0.25, -0.2) is 0 Å². The zero-order valence-electron chi connectivity index (χ0n) is 11.6. The second-order valence-corrected chi connectivity index (χ2v) is 5.00. The Kier molecular flexibility index (Phi) is 4.57.